The minimum Gasteiger partial charge on any atom is -0.478 e. The zero-order valence-electron chi connectivity index (χ0n) is 10.1. The third kappa shape index (κ3) is 2.96. The molecule has 1 N–H and O–H groups in total. The number of carboxylic acid groups (broad SMARTS) is 1. The molecule has 2 aromatic rings. The minimum atomic E-state index is -0.965. The smallest absolute Gasteiger partial charge is 0.339 e. The molecule has 0 aliphatic heterocycles. The van der Waals surface area contributed by atoms with Crippen LogP contribution in [0.2, 0.25) is 0 Å². The topological polar surface area (TPSA) is 50.4 Å². The molecule has 18 heavy (non-hydrogen) atoms. The second-order valence-corrected chi connectivity index (χ2v) is 4.97. The van der Waals surface area contributed by atoms with Crippen LogP contribution in [0.3, 0.4) is 0 Å². The van der Waals surface area contributed by atoms with E-state index >= 15 is 0 Å². The SMILES string of the molecule is CCCc1ccccc1Sc1cc(C(=O)O)co1. The van der Waals surface area contributed by atoms with Gasteiger partial charge in [0.1, 0.15) is 6.26 Å². The summed E-state index contributed by atoms with van der Waals surface area (Å²) >= 11 is 1.46. The average molecular weight is 262 g/mol. The maximum absolute atomic E-state index is 10.8. The first-order chi connectivity index (χ1) is 8.70. The normalized spacial score (nSPS) is 10.5. The Kier molecular flexibility index (Phi) is 4.10. The monoisotopic (exact) mass is 262 g/mol. The quantitative estimate of drug-likeness (QED) is 0.882. The second kappa shape index (κ2) is 5.78. The molecule has 4 heteroatoms. The second-order valence-electron chi connectivity index (χ2n) is 3.92. The van der Waals surface area contributed by atoms with Crippen LogP contribution in [0.15, 0.2) is 51.0 Å². The maximum Gasteiger partial charge on any atom is 0.339 e. The van der Waals surface area contributed by atoms with Crippen LogP contribution in [-0.4, -0.2) is 11.1 Å². The Morgan fingerprint density at radius 1 is 1.39 bits per heavy atom. The van der Waals surface area contributed by atoms with Crippen molar-refractivity contribution in [2.24, 2.45) is 0 Å². The largest absolute Gasteiger partial charge is 0.478 e. The highest BCUT2D eigenvalue weighted by atomic mass is 32.2. The Bertz CT molecular complexity index is 545. The van der Waals surface area contributed by atoms with Crippen molar-refractivity contribution in [1.29, 1.82) is 0 Å². The van der Waals surface area contributed by atoms with E-state index in [4.69, 9.17) is 9.52 Å². The van der Waals surface area contributed by atoms with Gasteiger partial charge in [-0.3, -0.25) is 0 Å². The summed E-state index contributed by atoms with van der Waals surface area (Å²) < 4.78 is 5.25. The van der Waals surface area contributed by atoms with Crippen molar-refractivity contribution < 1.29 is 14.3 Å². The van der Waals surface area contributed by atoms with E-state index in [-0.39, 0.29) is 5.56 Å². The van der Waals surface area contributed by atoms with Crippen LogP contribution >= 0.6 is 11.8 Å². The molecule has 0 atom stereocenters. The molecule has 94 valence electrons. The van der Waals surface area contributed by atoms with Gasteiger partial charge >= 0.3 is 5.97 Å². The van der Waals surface area contributed by atoms with Crippen molar-refractivity contribution in [3.05, 3.63) is 47.7 Å². The van der Waals surface area contributed by atoms with Crippen molar-refractivity contribution in [3.8, 4) is 0 Å². The van der Waals surface area contributed by atoms with Crippen LogP contribution in [0.4, 0.5) is 0 Å². The molecule has 0 bridgehead atoms. The predicted molar refractivity (Wildman–Crippen MR) is 70.2 cm³/mol. The summed E-state index contributed by atoms with van der Waals surface area (Å²) in [5.41, 5.74) is 1.45. The number of aryl methyl sites for hydroxylation is 1. The van der Waals surface area contributed by atoms with E-state index in [2.05, 4.69) is 13.0 Å². The predicted octanol–water partition coefficient (Wildman–Crippen LogP) is 4.08. The van der Waals surface area contributed by atoms with E-state index in [1.54, 1.807) is 6.07 Å². The summed E-state index contributed by atoms with van der Waals surface area (Å²) in [6, 6.07) is 9.66. The van der Waals surface area contributed by atoms with E-state index in [0.29, 0.717) is 5.09 Å². The molecular weight excluding hydrogens is 248 g/mol. The molecule has 0 unspecified atom stereocenters. The molecule has 0 saturated heterocycles. The first kappa shape index (κ1) is 12.8. The van der Waals surface area contributed by atoms with Gasteiger partial charge in [-0.1, -0.05) is 43.3 Å². The number of hydrogen-bond donors (Lipinski definition) is 1. The molecule has 0 aliphatic carbocycles. The number of aromatic carboxylic acids is 1. The van der Waals surface area contributed by atoms with Gasteiger partial charge < -0.3 is 9.52 Å². The Balaban J connectivity index is 2.19. The van der Waals surface area contributed by atoms with Gasteiger partial charge in [-0.2, -0.15) is 0 Å². The number of carboxylic acids is 1. The van der Waals surface area contributed by atoms with Gasteiger partial charge in [0.2, 0.25) is 0 Å². The third-order valence-electron chi connectivity index (χ3n) is 2.52. The lowest BCUT2D eigenvalue weighted by Crippen LogP contribution is -1.91. The van der Waals surface area contributed by atoms with Crippen LogP contribution in [0.5, 0.6) is 0 Å². The van der Waals surface area contributed by atoms with Crippen LogP contribution < -0.4 is 0 Å². The van der Waals surface area contributed by atoms with Crippen LogP contribution in [-0.2, 0) is 6.42 Å². The van der Waals surface area contributed by atoms with Gasteiger partial charge in [0, 0.05) is 11.0 Å². The third-order valence-corrected chi connectivity index (χ3v) is 3.56. The lowest BCUT2D eigenvalue weighted by molar-refractivity contribution is 0.0696. The fraction of sp³-hybridized carbons (Fsp3) is 0.214. The Hall–Kier alpha value is -1.68. The van der Waals surface area contributed by atoms with Crippen LogP contribution in [0.1, 0.15) is 29.3 Å². The fourth-order valence-electron chi connectivity index (χ4n) is 1.67. The zero-order valence-corrected chi connectivity index (χ0v) is 10.9. The molecule has 1 aromatic heterocycles. The summed E-state index contributed by atoms with van der Waals surface area (Å²) in [7, 11) is 0. The highest BCUT2D eigenvalue weighted by Gasteiger charge is 2.10. The van der Waals surface area contributed by atoms with Gasteiger partial charge in [0.05, 0.1) is 5.56 Å². The van der Waals surface area contributed by atoms with E-state index in [9.17, 15) is 4.79 Å². The molecule has 1 aromatic carbocycles. The van der Waals surface area contributed by atoms with Crippen molar-refractivity contribution in [1.82, 2.24) is 0 Å². The summed E-state index contributed by atoms with van der Waals surface area (Å²) in [5.74, 6) is -0.965. The molecule has 0 aliphatic rings. The summed E-state index contributed by atoms with van der Waals surface area (Å²) in [6.45, 7) is 2.14. The zero-order chi connectivity index (χ0) is 13.0. The highest BCUT2D eigenvalue weighted by molar-refractivity contribution is 7.99. The molecule has 2 rings (SSSR count). The van der Waals surface area contributed by atoms with Gasteiger partial charge in [-0.15, -0.1) is 0 Å². The standard InChI is InChI=1S/C14H14O3S/c1-2-5-10-6-3-4-7-12(10)18-13-8-11(9-17-13)14(15)16/h3-4,6-9H,2,5H2,1H3,(H,15,16). The summed E-state index contributed by atoms with van der Waals surface area (Å²) in [6.07, 6.45) is 3.36. The van der Waals surface area contributed by atoms with Crippen molar-refractivity contribution in [2.45, 2.75) is 29.8 Å². The van der Waals surface area contributed by atoms with E-state index in [1.165, 1.54) is 23.6 Å². The number of carbonyl (C=O) groups is 1. The minimum absolute atomic E-state index is 0.186. The highest BCUT2D eigenvalue weighted by Crippen LogP contribution is 2.32. The van der Waals surface area contributed by atoms with Gasteiger partial charge in [0.15, 0.2) is 5.09 Å². The number of benzene rings is 1. The molecule has 0 spiro atoms. The van der Waals surface area contributed by atoms with Crippen LogP contribution in [0, 0.1) is 0 Å². The molecule has 0 fully saturated rings. The lowest BCUT2D eigenvalue weighted by atomic mass is 10.1. The van der Waals surface area contributed by atoms with Crippen molar-refractivity contribution >= 4 is 17.7 Å². The molecule has 0 saturated carbocycles. The van der Waals surface area contributed by atoms with Gasteiger partial charge in [-0.25, -0.2) is 4.79 Å². The molecule has 3 nitrogen and oxygen atoms in total. The number of rotatable bonds is 5. The lowest BCUT2D eigenvalue weighted by Gasteiger charge is -2.05. The fourth-order valence-corrected chi connectivity index (χ4v) is 2.62. The maximum atomic E-state index is 10.8. The Morgan fingerprint density at radius 3 is 2.83 bits per heavy atom. The van der Waals surface area contributed by atoms with Crippen molar-refractivity contribution in [2.75, 3.05) is 0 Å². The first-order valence-electron chi connectivity index (χ1n) is 5.78. The first-order valence-corrected chi connectivity index (χ1v) is 6.60. The molecule has 0 amide bonds. The van der Waals surface area contributed by atoms with E-state index < -0.39 is 5.97 Å². The van der Waals surface area contributed by atoms with Gasteiger partial charge in [0.25, 0.3) is 0 Å². The molecule has 0 radical (unpaired) electrons. The molecule has 1 heterocycles. The van der Waals surface area contributed by atoms with Crippen LogP contribution in [0.25, 0.3) is 0 Å². The van der Waals surface area contributed by atoms with Gasteiger partial charge in [-0.05, 0) is 18.1 Å². The van der Waals surface area contributed by atoms with E-state index in [0.717, 1.165) is 17.7 Å². The van der Waals surface area contributed by atoms with Crippen molar-refractivity contribution in [3.63, 3.8) is 0 Å². The number of furan rings is 1. The number of hydrogen-bond acceptors (Lipinski definition) is 3. The Labute approximate surface area is 110 Å². The summed E-state index contributed by atoms with van der Waals surface area (Å²) in [5, 5.41) is 9.44. The molecular formula is C14H14O3S. The average Bonchev–Trinajstić information content (AvgIpc) is 2.81. The van der Waals surface area contributed by atoms with E-state index in [1.807, 2.05) is 18.2 Å². The Morgan fingerprint density at radius 2 is 2.17 bits per heavy atom. The summed E-state index contributed by atoms with van der Waals surface area (Å²) in [4.78, 5) is 11.9.